The lowest BCUT2D eigenvalue weighted by molar-refractivity contribution is 0.413. The molecule has 1 aromatic rings. The molecule has 1 aliphatic rings. The third kappa shape index (κ3) is 1.72. The van der Waals surface area contributed by atoms with Gasteiger partial charge in [0.05, 0.1) is 12.0 Å². The summed E-state index contributed by atoms with van der Waals surface area (Å²) in [5, 5.41) is 1.30. The van der Waals surface area contributed by atoms with E-state index in [1.807, 2.05) is 0 Å². The van der Waals surface area contributed by atoms with Gasteiger partial charge in [0.1, 0.15) is 5.75 Å². The van der Waals surface area contributed by atoms with Gasteiger partial charge in [-0.05, 0) is 42.3 Å². The van der Waals surface area contributed by atoms with E-state index in [-0.39, 0.29) is 0 Å². The molecule has 4 nitrogen and oxygen atoms in total. The van der Waals surface area contributed by atoms with E-state index < -0.39 is 9.84 Å². The molecular weight excluding hydrogens is 226 g/mol. The molecule has 16 heavy (non-hydrogen) atoms. The number of fused-ring (bicyclic) bond motifs is 1. The molecule has 0 radical (unpaired) electrons. The van der Waals surface area contributed by atoms with Crippen molar-refractivity contribution < 1.29 is 13.2 Å². The summed E-state index contributed by atoms with van der Waals surface area (Å²) in [7, 11) is -1.80. The van der Waals surface area contributed by atoms with Gasteiger partial charge in [-0.3, -0.25) is 0 Å². The standard InChI is InChI=1S/C11H13NO3S/c1-15-9-2-3-10-8(4-5-12)7-16(13,14)11(10)6-9/h2-3,6-7H,4-5,12H2,1H3. The van der Waals surface area contributed by atoms with Crippen molar-refractivity contribution in [2.24, 2.45) is 5.73 Å². The van der Waals surface area contributed by atoms with Gasteiger partial charge in [-0.1, -0.05) is 0 Å². The summed E-state index contributed by atoms with van der Waals surface area (Å²) in [5.41, 5.74) is 6.97. The Hall–Kier alpha value is -1.33. The average Bonchev–Trinajstić information content (AvgIpc) is 2.51. The number of benzene rings is 1. The third-order valence-electron chi connectivity index (χ3n) is 2.55. The van der Waals surface area contributed by atoms with Crippen molar-refractivity contribution in [3.05, 3.63) is 29.2 Å². The van der Waals surface area contributed by atoms with E-state index in [2.05, 4.69) is 0 Å². The van der Waals surface area contributed by atoms with Crippen LogP contribution < -0.4 is 10.5 Å². The number of rotatable bonds is 3. The Morgan fingerprint density at radius 2 is 2.12 bits per heavy atom. The van der Waals surface area contributed by atoms with Gasteiger partial charge in [0.2, 0.25) is 9.84 Å². The van der Waals surface area contributed by atoms with Gasteiger partial charge < -0.3 is 10.5 Å². The Morgan fingerprint density at radius 3 is 2.75 bits per heavy atom. The Bertz CT molecular complexity index is 546. The molecule has 0 aromatic heterocycles. The normalized spacial score (nSPS) is 16.8. The van der Waals surface area contributed by atoms with Crippen LogP contribution in [0, 0.1) is 0 Å². The molecular formula is C11H13NO3S. The van der Waals surface area contributed by atoms with Crippen molar-refractivity contribution in [2.45, 2.75) is 11.3 Å². The number of hydrogen-bond donors (Lipinski definition) is 1. The van der Waals surface area contributed by atoms with Crippen LogP contribution in [0.2, 0.25) is 0 Å². The zero-order valence-electron chi connectivity index (χ0n) is 8.93. The van der Waals surface area contributed by atoms with Crippen LogP contribution in [0.1, 0.15) is 12.0 Å². The third-order valence-corrected chi connectivity index (χ3v) is 4.10. The largest absolute Gasteiger partial charge is 0.497 e. The first-order chi connectivity index (χ1) is 7.58. The van der Waals surface area contributed by atoms with Crippen molar-refractivity contribution in [1.82, 2.24) is 0 Å². The molecule has 1 aromatic carbocycles. The zero-order chi connectivity index (χ0) is 11.8. The highest BCUT2D eigenvalue weighted by Crippen LogP contribution is 2.36. The van der Waals surface area contributed by atoms with Crippen molar-refractivity contribution in [1.29, 1.82) is 0 Å². The number of methoxy groups -OCH3 is 1. The first-order valence-electron chi connectivity index (χ1n) is 4.92. The number of sulfone groups is 1. The first kappa shape index (κ1) is 11.2. The first-order valence-corrected chi connectivity index (χ1v) is 6.47. The van der Waals surface area contributed by atoms with Crippen molar-refractivity contribution >= 4 is 15.4 Å². The van der Waals surface area contributed by atoms with Crippen LogP contribution in [0.3, 0.4) is 0 Å². The lowest BCUT2D eigenvalue weighted by Gasteiger charge is -2.05. The highest BCUT2D eigenvalue weighted by atomic mass is 32.2. The Morgan fingerprint density at radius 1 is 1.38 bits per heavy atom. The van der Waals surface area contributed by atoms with E-state index in [4.69, 9.17) is 10.5 Å². The van der Waals surface area contributed by atoms with Crippen LogP contribution in [0.25, 0.3) is 5.57 Å². The molecule has 0 amide bonds. The minimum Gasteiger partial charge on any atom is -0.497 e. The second kappa shape index (κ2) is 3.92. The van der Waals surface area contributed by atoms with Crippen molar-refractivity contribution in [3.8, 4) is 5.75 Å². The summed E-state index contributed by atoms with van der Waals surface area (Å²) in [6.07, 6.45) is 0.568. The summed E-state index contributed by atoms with van der Waals surface area (Å²) in [6.45, 7) is 0.437. The van der Waals surface area contributed by atoms with Crippen LogP contribution in [-0.4, -0.2) is 22.1 Å². The van der Waals surface area contributed by atoms with Gasteiger partial charge in [-0.25, -0.2) is 8.42 Å². The van der Waals surface area contributed by atoms with Crippen LogP contribution in [0.5, 0.6) is 5.75 Å². The molecule has 0 unspecified atom stereocenters. The van der Waals surface area contributed by atoms with E-state index in [0.717, 1.165) is 11.1 Å². The minimum absolute atomic E-state index is 0.315. The molecule has 1 heterocycles. The van der Waals surface area contributed by atoms with E-state index in [9.17, 15) is 8.42 Å². The van der Waals surface area contributed by atoms with Crippen LogP contribution in [0.4, 0.5) is 0 Å². The highest BCUT2D eigenvalue weighted by molar-refractivity contribution is 7.95. The fourth-order valence-electron chi connectivity index (χ4n) is 1.79. The van der Waals surface area contributed by atoms with Gasteiger partial charge >= 0.3 is 0 Å². The van der Waals surface area contributed by atoms with Crippen LogP contribution >= 0.6 is 0 Å². The van der Waals surface area contributed by atoms with Crippen molar-refractivity contribution in [3.63, 3.8) is 0 Å². The molecule has 1 aliphatic heterocycles. The average molecular weight is 239 g/mol. The van der Waals surface area contributed by atoms with Gasteiger partial charge in [0.25, 0.3) is 0 Å². The van der Waals surface area contributed by atoms with E-state index in [1.165, 1.54) is 12.5 Å². The van der Waals surface area contributed by atoms with E-state index in [0.29, 0.717) is 23.6 Å². The SMILES string of the molecule is COc1ccc2c(c1)S(=O)(=O)C=C2CCN. The molecule has 0 bridgehead atoms. The monoisotopic (exact) mass is 239 g/mol. The molecule has 0 saturated carbocycles. The summed E-state index contributed by atoms with van der Waals surface area (Å²) in [4.78, 5) is 0.315. The molecule has 0 saturated heterocycles. The minimum atomic E-state index is -3.31. The second-order valence-corrected chi connectivity index (χ2v) is 5.35. The fraction of sp³-hybridized carbons (Fsp3) is 0.273. The molecule has 86 valence electrons. The quantitative estimate of drug-likeness (QED) is 0.859. The van der Waals surface area contributed by atoms with Crippen molar-refractivity contribution in [2.75, 3.05) is 13.7 Å². The van der Waals surface area contributed by atoms with Gasteiger partial charge in [0.15, 0.2) is 0 Å². The lowest BCUT2D eigenvalue weighted by Crippen LogP contribution is -1.99. The van der Waals surface area contributed by atoms with E-state index in [1.54, 1.807) is 18.2 Å². The number of nitrogens with two attached hydrogens (primary N) is 1. The maximum Gasteiger partial charge on any atom is 0.200 e. The number of hydrogen-bond acceptors (Lipinski definition) is 4. The smallest absolute Gasteiger partial charge is 0.200 e. The summed E-state index contributed by atoms with van der Waals surface area (Å²) < 4.78 is 28.7. The van der Waals surface area contributed by atoms with Crippen LogP contribution in [0.15, 0.2) is 28.5 Å². The molecule has 5 heteroatoms. The predicted octanol–water partition coefficient (Wildman–Crippen LogP) is 1.17. The Kier molecular flexibility index (Phi) is 2.73. The molecule has 0 atom stereocenters. The van der Waals surface area contributed by atoms with Gasteiger partial charge in [-0.2, -0.15) is 0 Å². The summed E-state index contributed by atoms with van der Waals surface area (Å²) >= 11 is 0. The van der Waals surface area contributed by atoms with Gasteiger partial charge in [-0.15, -0.1) is 0 Å². The number of ether oxygens (including phenoxy) is 1. The van der Waals surface area contributed by atoms with E-state index >= 15 is 0 Å². The highest BCUT2D eigenvalue weighted by Gasteiger charge is 2.26. The predicted molar refractivity (Wildman–Crippen MR) is 61.8 cm³/mol. The molecule has 0 spiro atoms. The summed E-state index contributed by atoms with van der Waals surface area (Å²) in [6, 6.07) is 5.06. The van der Waals surface area contributed by atoms with Gasteiger partial charge in [0, 0.05) is 5.41 Å². The Balaban J connectivity index is 2.57. The zero-order valence-corrected chi connectivity index (χ0v) is 9.75. The molecule has 2 N–H and O–H groups in total. The lowest BCUT2D eigenvalue weighted by atomic mass is 10.0. The molecule has 0 aliphatic carbocycles. The maximum atomic E-state index is 11.8. The second-order valence-electron chi connectivity index (χ2n) is 3.59. The molecule has 0 fully saturated rings. The maximum absolute atomic E-state index is 11.8. The Labute approximate surface area is 94.6 Å². The fourth-order valence-corrected chi connectivity index (χ4v) is 3.33. The van der Waals surface area contributed by atoms with Crippen LogP contribution in [-0.2, 0) is 9.84 Å². The summed E-state index contributed by atoms with van der Waals surface area (Å²) in [5.74, 6) is 0.546. The topological polar surface area (TPSA) is 69.4 Å². The molecule has 2 rings (SSSR count).